The van der Waals surface area contributed by atoms with Crippen molar-refractivity contribution in [2.45, 2.75) is 18.8 Å². The Morgan fingerprint density at radius 2 is 2.15 bits per heavy atom. The predicted octanol–water partition coefficient (Wildman–Crippen LogP) is 3.68. The number of nitrogens with one attached hydrogen (secondary N) is 1. The van der Waals surface area contributed by atoms with Gasteiger partial charge in [0.1, 0.15) is 21.5 Å². The highest BCUT2D eigenvalue weighted by Gasteiger charge is 2.27. The summed E-state index contributed by atoms with van der Waals surface area (Å²) in [5, 5.41) is 16.4. The van der Waals surface area contributed by atoms with Gasteiger partial charge in [0.25, 0.3) is 0 Å². The maximum atomic E-state index is 4.56. The fourth-order valence-electron chi connectivity index (χ4n) is 1.86. The van der Waals surface area contributed by atoms with E-state index in [0.717, 1.165) is 26.7 Å². The van der Waals surface area contributed by atoms with E-state index in [9.17, 15) is 0 Å². The maximum absolute atomic E-state index is 4.56. The van der Waals surface area contributed by atoms with E-state index < -0.39 is 0 Å². The topological polar surface area (TPSA) is 63.6 Å². The van der Waals surface area contributed by atoms with Crippen LogP contribution in [0.3, 0.4) is 0 Å². The normalized spacial score (nSPS) is 14.4. The van der Waals surface area contributed by atoms with Gasteiger partial charge in [-0.05, 0) is 25.0 Å². The molecule has 0 aliphatic heterocycles. The molecule has 1 aliphatic carbocycles. The Balaban J connectivity index is 1.57. The predicted molar refractivity (Wildman–Crippen MR) is 80.5 cm³/mol. The average Bonchev–Trinajstić information content (AvgIpc) is 3.00. The fraction of sp³-hybridized carbons (Fsp3) is 0.231. The smallest absolute Gasteiger partial charge is 0.211 e. The molecular weight excluding hydrogens is 290 g/mol. The summed E-state index contributed by atoms with van der Waals surface area (Å²) in [4.78, 5) is 8.83. The molecular formula is C13H11N5S2. The lowest BCUT2D eigenvalue weighted by molar-refractivity contribution is 0.977. The molecule has 5 nitrogen and oxygen atoms in total. The molecule has 7 heteroatoms. The Labute approximate surface area is 123 Å². The van der Waals surface area contributed by atoms with Crippen LogP contribution in [0.5, 0.6) is 0 Å². The molecule has 3 heterocycles. The first-order valence-electron chi connectivity index (χ1n) is 6.36. The molecule has 0 saturated heterocycles. The van der Waals surface area contributed by atoms with Crippen LogP contribution in [-0.4, -0.2) is 20.2 Å². The van der Waals surface area contributed by atoms with Gasteiger partial charge in [-0.1, -0.05) is 17.4 Å². The summed E-state index contributed by atoms with van der Waals surface area (Å²) in [6.45, 7) is 0. The molecule has 0 aromatic carbocycles. The molecule has 3 aromatic rings. The van der Waals surface area contributed by atoms with Gasteiger partial charge in [0.05, 0.1) is 0 Å². The molecule has 1 aliphatic rings. The van der Waals surface area contributed by atoms with E-state index in [1.54, 1.807) is 28.9 Å². The van der Waals surface area contributed by atoms with E-state index >= 15 is 0 Å². The van der Waals surface area contributed by atoms with Gasteiger partial charge in [-0.15, -0.1) is 21.5 Å². The Hall–Kier alpha value is -1.86. The summed E-state index contributed by atoms with van der Waals surface area (Å²) in [5.41, 5.74) is 0.872. The Kier molecular flexibility index (Phi) is 2.93. The molecule has 4 rings (SSSR count). The molecule has 1 saturated carbocycles. The van der Waals surface area contributed by atoms with Crippen molar-refractivity contribution in [3.63, 3.8) is 0 Å². The van der Waals surface area contributed by atoms with Gasteiger partial charge < -0.3 is 5.32 Å². The third-order valence-electron chi connectivity index (χ3n) is 3.00. The molecule has 20 heavy (non-hydrogen) atoms. The first kappa shape index (κ1) is 11.9. The van der Waals surface area contributed by atoms with E-state index in [-0.39, 0.29) is 0 Å². The lowest BCUT2D eigenvalue weighted by Crippen LogP contribution is -1.94. The molecule has 1 fully saturated rings. The van der Waals surface area contributed by atoms with Crippen molar-refractivity contribution >= 4 is 33.6 Å². The number of anilines is 2. The minimum atomic E-state index is 0.637. The molecule has 0 radical (unpaired) electrons. The molecule has 0 amide bonds. The van der Waals surface area contributed by atoms with Crippen LogP contribution in [0.2, 0.25) is 0 Å². The van der Waals surface area contributed by atoms with Crippen LogP contribution in [0.4, 0.5) is 10.9 Å². The summed E-state index contributed by atoms with van der Waals surface area (Å²) < 4.78 is 0. The number of nitrogens with zero attached hydrogens (tertiary/aromatic N) is 4. The monoisotopic (exact) mass is 301 g/mol. The van der Waals surface area contributed by atoms with E-state index in [4.69, 9.17) is 0 Å². The summed E-state index contributed by atoms with van der Waals surface area (Å²) in [6, 6.07) is 5.85. The zero-order chi connectivity index (χ0) is 13.4. The molecule has 0 unspecified atom stereocenters. The van der Waals surface area contributed by atoms with Gasteiger partial charge >= 0.3 is 0 Å². The van der Waals surface area contributed by atoms with Crippen molar-refractivity contribution in [3.8, 4) is 10.7 Å². The quantitative estimate of drug-likeness (QED) is 0.796. The van der Waals surface area contributed by atoms with Gasteiger partial charge in [-0.25, -0.2) is 9.97 Å². The largest absolute Gasteiger partial charge is 0.315 e. The second-order valence-corrected chi connectivity index (χ2v) is 6.49. The first-order chi connectivity index (χ1) is 9.88. The van der Waals surface area contributed by atoms with E-state index in [0.29, 0.717) is 5.92 Å². The zero-order valence-electron chi connectivity index (χ0n) is 10.5. The van der Waals surface area contributed by atoms with Crippen molar-refractivity contribution in [3.05, 3.63) is 34.8 Å². The van der Waals surface area contributed by atoms with Crippen LogP contribution in [-0.2, 0) is 0 Å². The highest BCUT2D eigenvalue weighted by molar-refractivity contribution is 7.15. The lowest BCUT2D eigenvalue weighted by Gasteiger charge is -2.02. The van der Waals surface area contributed by atoms with Crippen LogP contribution < -0.4 is 5.32 Å². The average molecular weight is 301 g/mol. The molecule has 0 bridgehead atoms. The second-order valence-electron chi connectivity index (χ2n) is 4.59. The Bertz CT molecular complexity index is 718. The number of hydrogen-bond donors (Lipinski definition) is 1. The standard InChI is InChI=1S/C13H11N5S2/c1-2-9(12-14-6-7-19-12)15-10(3-1)16-13-18-17-11(20-13)8-4-5-8/h1-3,6-8H,4-5H2,(H,15,16,18). The van der Waals surface area contributed by atoms with Crippen LogP contribution in [0.15, 0.2) is 29.8 Å². The summed E-state index contributed by atoms with van der Waals surface area (Å²) in [7, 11) is 0. The van der Waals surface area contributed by atoms with Gasteiger partial charge in [0.15, 0.2) is 0 Å². The molecule has 1 N–H and O–H groups in total. The zero-order valence-corrected chi connectivity index (χ0v) is 12.1. The van der Waals surface area contributed by atoms with Gasteiger partial charge in [-0.2, -0.15) is 0 Å². The molecule has 0 atom stereocenters. The second kappa shape index (κ2) is 4.92. The third kappa shape index (κ3) is 2.41. The van der Waals surface area contributed by atoms with E-state index in [1.165, 1.54) is 12.8 Å². The highest BCUT2D eigenvalue weighted by atomic mass is 32.1. The van der Waals surface area contributed by atoms with Crippen LogP contribution in [0.25, 0.3) is 10.7 Å². The number of hydrogen-bond acceptors (Lipinski definition) is 7. The van der Waals surface area contributed by atoms with Gasteiger partial charge in [-0.3, -0.25) is 0 Å². The Morgan fingerprint density at radius 1 is 1.20 bits per heavy atom. The minimum absolute atomic E-state index is 0.637. The number of aromatic nitrogens is 4. The first-order valence-corrected chi connectivity index (χ1v) is 8.05. The van der Waals surface area contributed by atoms with Crippen molar-refractivity contribution in [2.24, 2.45) is 0 Å². The van der Waals surface area contributed by atoms with Crippen molar-refractivity contribution in [2.75, 3.05) is 5.32 Å². The Morgan fingerprint density at radius 3 is 2.95 bits per heavy atom. The van der Waals surface area contributed by atoms with Crippen molar-refractivity contribution < 1.29 is 0 Å². The third-order valence-corrected chi connectivity index (χ3v) is 4.80. The minimum Gasteiger partial charge on any atom is -0.315 e. The lowest BCUT2D eigenvalue weighted by atomic mass is 10.3. The van der Waals surface area contributed by atoms with Gasteiger partial charge in [0, 0.05) is 17.5 Å². The van der Waals surface area contributed by atoms with Crippen LogP contribution in [0, 0.1) is 0 Å². The maximum Gasteiger partial charge on any atom is 0.211 e. The van der Waals surface area contributed by atoms with E-state index in [2.05, 4.69) is 25.5 Å². The van der Waals surface area contributed by atoms with Gasteiger partial charge in [0.2, 0.25) is 5.13 Å². The summed E-state index contributed by atoms with van der Waals surface area (Å²) in [6.07, 6.45) is 4.27. The highest BCUT2D eigenvalue weighted by Crippen LogP contribution is 2.42. The number of thiazole rings is 1. The van der Waals surface area contributed by atoms with Crippen LogP contribution in [0.1, 0.15) is 23.8 Å². The molecule has 100 valence electrons. The molecule has 3 aromatic heterocycles. The van der Waals surface area contributed by atoms with Crippen LogP contribution >= 0.6 is 22.7 Å². The van der Waals surface area contributed by atoms with E-state index in [1.807, 2.05) is 23.6 Å². The summed E-state index contributed by atoms with van der Waals surface area (Å²) >= 11 is 3.20. The summed E-state index contributed by atoms with van der Waals surface area (Å²) in [5.74, 6) is 1.41. The van der Waals surface area contributed by atoms with Crippen molar-refractivity contribution in [1.82, 2.24) is 20.2 Å². The fourth-order valence-corrected chi connectivity index (χ4v) is 3.39. The number of rotatable bonds is 4. The number of pyridine rings is 1. The SMILES string of the molecule is c1cc(Nc2nnc(C3CC3)s2)nc(-c2nccs2)c1. The van der Waals surface area contributed by atoms with Crippen molar-refractivity contribution in [1.29, 1.82) is 0 Å². The molecule has 0 spiro atoms.